The van der Waals surface area contributed by atoms with Crippen molar-refractivity contribution in [1.29, 1.82) is 0 Å². The second kappa shape index (κ2) is 7.39. The van der Waals surface area contributed by atoms with Gasteiger partial charge in [0.15, 0.2) is 0 Å². The highest BCUT2D eigenvalue weighted by molar-refractivity contribution is 6.31. The lowest BCUT2D eigenvalue weighted by molar-refractivity contribution is -0.176. The predicted molar refractivity (Wildman–Crippen MR) is 94.1 cm³/mol. The van der Waals surface area contributed by atoms with Crippen LogP contribution in [-0.4, -0.2) is 22.6 Å². The molecule has 0 aliphatic heterocycles. The minimum atomic E-state index is -4.37. The molecule has 3 aromatic rings. The maximum Gasteiger partial charge on any atom is 0.411 e. The zero-order valence-corrected chi connectivity index (χ0v) is 14.3. The number of nitrogen functional groups attached to an aromatic ring is 1. The van der Waals surface area contributed by atoms with Crippen molar-refractivity contribution < 1.29 is 17.9 Å². The molecule has 0 spiro atoms. The topological polar surface area (TPSA) is 53.1 Å². The second-order valence-corrected chi connectivity index (χ2v) is 6.09. The maximum atomic E-state index is 12.2. The molecule has 0 saturated heterocycles. The Labute approximate surface area is 153 Å². The number of para-hydroxylation sites is 1. The molecule has 1 aromatic heterocycles. The molecule has 0 aliphatic carbocycles. The molecule has 4 nitrogen and oxygen atoms in total. The van der Waals surface area contributed by atoms with Gasteiger partial charge in [-0.2, -0.15) is 18.3 Å². The van der Waals surface area contributed by atoms with Gasteiger partial charge in [-0.15, -0.1) is 0 Å². The third-order valence-corrected chi connectivity index (χ3v) is 3.74. The Hall–Kier alpha value is -2.51. The number of anilines is 1. The molecule has 2 N–H and O–H groups in total. The second-order valence-electron chi connectivity index (χ2n) is 5.66. The predicted octanol–water partition coefficient (Wildman–Crippen LogP) is 4.85. The number of halogens is 4. The Bertz CT molecular complexity index is 894. The number of hydrogen-bond acceptors (Lipinski definition) is 3. The summed E-state index contributed by atoms with van der Waals surface area (Å²) in [6, 6.07) is 16.0. The Morgan fingerprint density at radius 3 is 2.50 bits per heavy atom. The molecule has 26 heavy (non-hydrogen) atoms. The fraction of sp³-hybridized carbons (Fsp3) is 0.167. The van der Waals surface area contributed by atoms with Gasteiger partial charge >= 0.3 is 6.18 Å². The molecule has 2 aromatic carbocycles. The van der Waals surface area contributed by atoms with Crippen molar-refractivity contribution >= 4 is 17.4 Å². The van der Waals surface area contributed by atoms with E-state index in [0.717, 1.165) is 5.69 Å². The first-order chi connectivity index (χ1) is 12.3. The molecule has 0 fully saturated rings. The molecule has 0 bridgehead atoms. The average Bonchev–Trinajstić information content (AvgIpc) is 2.96. The monoisotopic (exact) mass is 381 g/mol. The van der Waals surface area contributed by atoms with Crippen molar-refractivity contribution in [3.05, 3.63) is 65.2 Å². The summed E-state index contributed by atoms with van der Waals surface area (Å²) in [7, 11) is 0. The van der Waals surface area contributed by atoms with Crippen LogP contribution in [0.2, 0.25) is 5.02 Å². The largest absolute Gasteiger partial charge is 0.411 e. The Morgan fingerprint density at radius 1 is 1.08 bits per heavy atom. The average molecular weight is 382 g/mol. The van der Waals surface area contributed by atoms with Crippen LogP contribution >= 0.6 is 11.6 Å². The molecule has 0 aliphatic rings. The van der Waals surface area contributed by atoms with E-state index in [-0.39, 0.29) is 6.61 Å². The number of alkyl halides is 3. The highest BCUT2D eigenvalue weighted by Crippen LogP contribution is 2.29. The molecule has 1 heterocycles. The smallest absolute Gasteiger partial charge is 0.382 e. The van der Waals surface area contributed by atoms with Crippen LogP contribution in [0, 0.1) is 0 Å². The number of ether oxygens (including phenoxy) is 1. The lowest BCUT2D eigenvalue weighted by Crippen LogP contribution is -2.16. The van der Waals surface area contributed by atoms with Crippen LogP contribution < -0.4 is 5.73 Å². The highest BCUT2D eigenvalue weighted by atomic mass is 35.5. The number of benzene rings is 2. The Kier molecular flexibility index (Phi) is 5.20. The number of rotatable bonds is 5. The number of nitrogens with zero attached hydrogens (tertiary/aromatic N) is 2. The SMILES string of the molecule is Nc1cc(-c2cc(Cl)cc(COCC(F)(F)F)c2)n(-c2ccccc2)n1. The quantitative estimate of drug-likeness (QED) is 0.687. The molecule has 136 valence electrons. The standard InChI is InChI=1S/C18H15ClF3N3O/c19-14-7-12(10-26-11-18(20,21)22)6-13(8-14)16-9-17(23)24-25(16)15-4-2-1-3-5-15/h1-9H,10-11H2,(H2,23,24). The van der Waals surface area contributed by atoms with Gasteiger partial charge in [-0.25, -0.2) is 4.68 Å². The molecule has 0 atom stereocenters. The van der Waals surface area contributed by atoms with Gasteiger partial charge in [0.1, 0.15) is 12.4 Å². The zero-order valence-electron chi connectivity index (χ0n) is 13.5. The maximum absolute atomic E-state index is 12.2. The normalized spacial score (nSPS) is 11.7. The summed E-state index contributed by atoms with van der Waals surface area (Å²) >= 11 is 6.14. The summed E-state index contributed by atoms with van der Waals surface area (Å²) in [6.07, 6.45) is -4.37. The van der Waals surface area contributed by atoms with E-state index in [1.54, 1.807) is 28.9 Å². The molecule has 0 radical (unpaired) electrons. The minimum Gasteiger partial charge on any atom is -0.382 e. The van der Waals surface area contributed by atoms with Gasteiger partial charge in [-0.05, 0) is 35.9 Å². The van der Waals surface area contributed by atoms with Crippen LogP contribution in [0.15, 0.2) is 54.6 Å². The van der Waals surface area contributed by atoms with Gasteiger partial charge in [0.05, 0.1) is 18.0 Å². The Balaban J connectivity index is 1.93. The first-order valence-corrected chi connectivity index (χ1v) is 8.05. The summed E-state index contributed by atoms with van der Waals surface area (Å²) in [5.74, 6) is 0.318. The molecule has 0 amide bonds. The fourth-order valence-corrected chi connectivity index (χ4v) is 2.79. The van der Waals surface area contributed by atoms with Gasteiger partial charge in [0.2, 0.25) is 0 Å². The van der Waals surface area contributed by atoms with Crippen molar-refractivity contribution in [3.63, 3.8) is 0 Å². The van der Waals surface area contributed by atoms with Crippen LogP contribution in [0.25, 0.3) is 16.9 Å². The Morgan fingerprint density at radius 2 is 1.81 bits per heavy atom. The van der Waals surface area contributed by atoms with E-state index in [0.29, 0.717) is 27.7 Å². The van der Waals surface area contributed by atoms with Crippen molar-refractivity contribution in [2.75, 3.05) is 12.3 Å². The van der Waals surface area contributed by atoms with Crippen molar-refractivity contribution in [1.82, 2.24) is 9.78 Å². The lowest BCUT2D eigenvalue weighted by Gasteiger charge is -2.11. The molecule has 0 unspecified atom stereocenters. The number of nitrogens with two attached hydrogens (primary N) is 1. The van der Waals surface area contributed by atoms with Crippen LogP contribution in [0.4, 0.5) is 19.0 Å². The molecule has 0 saturated carbocycles. The van der Waals surface area contributed by atoms with Crippen LogP contribution in [0.1, 0.15) is 5.56 Å². The van der Waals surface area contributed by atoms with Crippen LogP contribution in [0.5, 0.6) is 0 Å². The van der Waals surface area contributed by atoms with Crippen molar-refractivity contribution in [3.8, 4) is 16.9 Å². The number of hydrogen-bond donors (Lipinski definition) is 1. The van der Waals surface area contributed by atoms with Gasteiger partial charge in [0, 0.05) is 16.7 Å². The molecular weight excluding hydrogens is 367 g/mol. The van der Waals surface area contributed by atoms with Crippen LogP contribution in [0.3, 0.4) is 0 Å². The van der Waals surface area contributed by atoms with E-state index in [1.807, 2.05) is 30.3 Å². The molecule has 3 rings (SSSR count). The van der Waals surface area contributed by atoms with Gasteiger partial charge in [-0.3, -0.25) is 0 Å². The number of aromatic nitrogens is 2. The van der Waals surface area contributed by atoms with Gasteiger partial charge in [-0.1, -0.05) is 29.8 Å². The minimum absolute atomic E-state index is 0.206. The third-order valence-electron chi connectivity index (χ3n) is 3.52. The van der Waals surface area contributed by atoms with E-state index in [4.69, 9.17) is 22.1 Å². The summed E-state index contributed by atoms with van der Waals surface area (Å²) in [5.41, 5.74) is 8.52. The summed E-state index contributed by atoms with van der Waals surface area (Å²) in [4.78, 5) is 0. The third kappa shape index (κ3) is 4.56. The first-order valence-electron chi connectivity index (χ1n) is 7.67. The van der Waals surface area contributed by atoms with Crippen molar-refractivity contribution in [2.45, 2.75) is 12.8 Å². The highest BCUT2D eigenvalue weighted by Gasteiger charge is 2.27. The van der Waals surface area contributed by atoms with Crippen molar-refractivity contribution in [2.24, 2.45) is 0 Å². The molecule has 8 heteroatoms. The zero-order chi connectivity index (χ0) is 18.7. The van der Waals surface area contributed by atoms with E-state index < -0.39 is 12.8 Å². The summed E-state index contributed by atoms with van der Waals surface area (Å²) in [6.45, 7) is -1.52. The van der Waals surface area contributed by atoms with E-state index >= 15 is 0 Å². The first kappa shape index (κ1) is 18.3. The van der Waals surface area contributed by atoms with Gasteiger partial charge in [0.25, 0.3) is 0 Å². The molecular formula is C18H15ClF3N3O. The van der Waals surface area contributed by atoms with Gasteiger partial charge < -0.3 is 10.5 Å². The van der Waals surface area contributed by atoms with Crippen LogP contribution in [-0.2, 0) is 11.3 Å². The fourth-order valence-electron chi connectivity index (χ4n) is 2.54. The summed E-state index contributed by atoms with van der Waals surface area (Å²) < 4.78 is 43.1. The van der Waals surface area contributed by atoms with E-state index in [1.165, 1.54) is 0 Å². The van der Waals surface area contributed by atoms with E-state index in [9.17, 15) is 13.2 Å². The lowest BCUT2D eigenvalue weighted by atomic mass is 10.1. The van der Waals surface area contributed by atoms with E-state index in [2.05, 4.69) is 5.10 Å². The summed E-state index contributed by atoms with van der Waals surface area (Å²) in [5, 5.41) is 4.66.